The predicted octanol–water partition coefficient (Wildman–Crippen LogP) is 0.477. The third-order valence-corrected chi connectivity index (χ3v) is 1.31. The van der Waals surface area contributed by atoms with Crippen molar-refractivity contribution in [2.24, 2.45) is 0 Å². The van der Waals surface area contributed by atoms with Crippen molar-refractivity contribution in [2.75, 3.05) is 26.3 Å². The SMILES string of the molecule is C1COCCN1.CCCC(=O)O. The van der Waals surface area contributed by atoms with E-state index in [2.05, 4.69) is 5.32 Å². The van der Waals surface area contributed by atoms with Gasteiger partial charge in [0.05, 0.1) is 13.2 Å². The van der Waals surface area contributed by atoms with Gasteiger partial charge in [-0.05, 0) is 6.42 Å². The second kappa shape index (κ2) is 8.49. The number of ether oxygens (including phenoxy) is 1. The lowest BCUT2D eigenvalue weighted by Crippen LogP contribution is -2.30. The highest BCUT2D eigenvalue weighted by molar-refractivity contribution is 5.66. The van der Waals surface area contributed by atoms with Crippen molar-refractivity contribution >= 4 is 5.97 Å². The van der Waals surface area contributed by atoms with Gasteiger partial charge in [-0.25, -0.2) is 0 Å². The van der Waals surface area contributed by atoms with Gasteiger partial charge in [0.1, 0.15) is 0 Å². The molecule has 0 spiro atoms. The van der Waals surface area contributed by atoms with Gasteiger partial charge in [0.25, 0.3) is 0 Å². The lowest BCUT2D eigenvalue weighted by atomic mass is 10.4. The van der Waals surface area contributed by atoms with Gasteiger partial charge in [-0.15, -0.1) is 0 Å². The summed E-state index contributed by atoms with van der Waals surface area (Å²) in [6.07, 6.45) is 1.02. The molecule has 1 fully saturated rings. The summed E-state index contributed by atoms with van der Waals surface area (Å²) in [5.41, 5.74) is 0. The molecule has 0 aromatic carbocycles. The number of rotatable bonds is 2. The third-order valence-electron chi connectivity index (χ3n) is 1.31. The van der Waals surface area contributed by atoms with Gasteiger partial charge in [-0.2, -0.15) is 0 Å². The Bertz CT molecular complexity index is 101. The van der Waals surface area contributed by atoms with Crippen LogP contribution in [0.1, 0.15) is 19.8 Å². The van der Waals surface area contributed by atoms with Crippen molar-refractivity contribution in [2.45, 2.75) is 19.8 Å². The molecule has 72 valence electrons. The summed E-state index contributed by atoms with van der Waals surface area (Å²) in [5.74, 6) is -0.711. The second-order valence-corrected chi connectivity index (χ2v) is 2.51. The fourth-order valence-corrected chi connectivity index (χ4v) is 0.730. The van der Waals surface area contributed by atoms with Crippen LogP contribution in [0.15, 0.2) is 0 Å². The monoisotopic (exact) mass is 175 g/mol. The van der Waals surface area contributed by atoms with Gasteiger partial charge in [0, 0.05) is 19.5 Å². The van der Waals surface area contributed by atoms with Crippen LogP contribution in [0.2, 0.25) is 0 Å². The Labute approximate surface area is 72.9 Å². The van der Waals surface area contributed by atoms with Crippen LogP contribution in [0.5, 0.6) is 0 Å². The molecule has 12 heavy (non-hydrogen) atoms. The number of hydrogen-bond acceptors (Lipinski definition) is 3. The quantitative estimate of drug-likeness (QED) is 0.640. The maximum Gasteiger partial charge on any atom is 0.303 e. The van der Waals surface area contributed by atoms with Crippen LogP contribution >= 0.6 is 0 Å². The van der Waals surface area contributed by atoms with E-state index < -0.39 is 5.97 Å². The lowest BCUT2D eigenvalue weighted by Gasteiger charge is -2.10. The zero-order chi connectivity index (χ0) is 9.23. The highest BCUT2D eigenvalue weighted by Crippen LogP contribution is 1.82. The number of nitrogens with one attached hydrogen (secondary N) is 1. The van der Waals surface area contributed by atoms with E-state index >= 15 is 0 Å². The van der Waals surface area contributed by atoms with E-state index in [4.69, 9.17) is 9.84 Å². The molecule has 1 rings (SSSR count). The van der Waals surface area contributed by atoms with Gasteiger partial charge in [0.15, 0.2) is 0 Å². The Morgan fingerprint density at radius 1 is 1.50 bits per heavy atom. The topological polar surface area (TPSA) is 58.6 Å². The molecule has 1 saturated heterocycles. The first-order chi connectivity index (χ1) is 5.77. The average Bonchev–Trinajstić information content (AvgIpc) is 2.08. The van der Waals surface area contributed by atoms with Gasteiger partial charge in [-0.1, -0.05) is 6.92 Å². The summed E-state index contributed by atoms with van der Waals surface area (Å²) in [7, 11) is 0. The lowest BCUT2D eigenvalue weighted by molar-refractivity contribution is -0.137. The Hall–Kier alpha value is -0.610. The van der Waals surface area contributed by atoms with Crippen molar-refractivity contribution in [1.82, 2.24) is 5.32 Å². The van der Waals surface area contributed by atoms with Crippen molar-refractivity contribution in [3.05, 3.63) is 0 Å². The molecule has 0 atom stereocenters. The van der Waals surface area contributed by atoms with Crippen LogP contribution in [-0.2, 0) is 9.53 Å². The molecule has 4 heteroatoms. The minimum Gasteiger partial charge on any atom is -0.481 e. The van der Waals surface area contributed by atoms with E-state index in [-0.39, 0.29) is 0 Å². The molecule has 0 amide bonds. The van der Waals surface area contributed by atoms with Crippen LogP contribution < -0.4 is 5.32 Å². The second-order valence-electron chi connectivity index (χ2n) is 2.51. The molecule has 0 saturated carbocycles. The minimum absolute atomic E-state index is 0.292. The Balaban J connectivity index is 0.000000202. The molecule has 4 nitrogen and oxygen atoms in total. The first kappa shape index (κ1) is 11.4. The molecular formula is C8H17NO3. The Morgan fingerprint density at radius 2 is 2.08 bits per heavy atom. The largest absolute Gasteiger partial charge is 0.481 e. The smallest absolute Gasteiger partial charge is 0.303 e. The molecule has 1 heterocycles. The van der Waals surface area contributed by atoms with Crippen LogP contribution in [0.3, 0.4) is 0 Å². The number of carbonyl (C=O) groups is 1. The van der Waals surface area contributed by atoms with Crippen LogP contribution in [-0.4, -0.2) is 37.4 Å². The summed E-state index contributed by atoms with van der Waals surface area (Å²) in [5, 5.41) is 11.1. The van der Waals surface area contributed by atoms with E-state index in [0.717, 1.165) is 32.7 Å². The van der Waals surface area contributed by atoms with Gasteiger partial charge >= 0.3 is 5.97 Å². The zero-order valence-corrected chi connectivity index (χ0v) is 7.51. The van der Waals surface area contributed by atoms with Gasteiger partial charge in [0.2, 0.25) is 0 Å². The van der Waals surface area contributed by atoms with E-state index in [1.807, 2.05) is 6.92 Å². The van der Waals surface area contributed by atoms with Crippen LogP contribution in [0.4, 0.5) is 0 Å². The maximum atomic E-state index is 9.60. The molecule has 0 aliphatic carbocycles. The Kier molecular flexibility index (Phi) is 8.05. The first-order valence-corrected chi connectivity index (χ1v) is 4.27. The predicted molar refractivity (Wildman–Crippen MR) is 46.2 cm³/mol. The molecule has 2 N–H and O–H groups in total. The fourth-order valence-electron chi connectivity index (χ4n) is 0.730. The van der Waals surface area contributed by atoms with Crippen LogP contribution in [0.25, 0.3) is 0 Å². The molecule has 1 aliphatic heterocycles. The molecule has 0 aromatic heterocycles. The molecule has 1 aliphatic rings. The van der Waals surface area contributed by atoms with Crippen molar-refractivity contribution in [3.8, 4) is 0 Å². The number of hydrogen-bond donors (Lipinski definition) is 2. The van der Waals surface area contributed by atoms with Crippen molar-refractivity contribution < 1.29 is 14.6 Å². The highest BCUT2D eigenvalue weighted by atomic mass is 16.5. The molecule has 0 bridgehead atoms. The van der Waals surface area contributed by atoms with Crippen LogP contribution in [0, 0.1) is 0 Å². The normalized spacial score (nSPS) is 16.1. The summed E-state index contributed by atoms with van der Waals surface area (Å²) >= 11 is 0. The third kappa shape index (κ3) is 9.39. The van der Waals surface area contributed by atoms with Crippen molar-refractivity contribution in [1.29, 1.82) is 0 Å². The molecule has 0 aromatic rings. The van der Waals surface area contributed by atoms with E-state index in [1.165, 1.54) is 0 Å². The molecule has 0 radical (unpaired) electrons. The van der Waals surface area contributed by atoms with Gasteiger partial charge in [-0.3, -0.25) is 4.79 Å². The minimum atomic E-state index is -0.711. The number of carboxylic acids is 1. The summed E-state index contributed by atoms with van der Waals surface area (Å²) < 4.78 is 5.01. The fraction of sp³-hybridized carbons (Fsp3) is 0.875. The van der Waals surface area contributed by atoms with E-state index in [0.29, 0.717) is 6.42 Å². The number of morpholine rings is 1. The summed E-state index contributed by atoms with van der Waals surface area (Å²) in [6.45, 7) is 5.67. The number of aliphatic carboxylic acids is 1. The average molecular weight is 175 g/mol. The van der Waals surface area contributed by atoms with Gasteiger partial charge < -0.3 is 15.2 Å². The van der Waals surface area contributed by atoms with E-state index in [1.54, 1.807) is 0 Å². The molecular weight excluding hydrogens is 158 g/mol. The molecule has 0 unspecified atom stereocenters. The highest BCUT2D eigenvalue weighted by Gasteiger charge is 1.92. The Morgan fingerprint density at radius 3 is 2.17 bits per heavy atom. The van der Waals surface area contributed by atoms with E-state index in [9.17, 15) is 4.79 Å². The number of carboxylic acid groups (broad SMARTS) is 1. The standard InChI is InChI=1S/C4H9NO.C4H8O2/c1-3-6-4-2-5-1;1-2-3-4(5)6/h5H,1-4H2;2-3H2,1H3,(H,5,6). The summed E-state index contributed by atoms with van der Waals surface area (Å²) in [6, 6.07) is 0. The summed E-state index contributed by atoms with van der Waals surface area (Å²) in [4.78, 5) is 9.60. The zero-order valence-electron chi connectivity index (χ0n) is 7.51. The van der Waals surface area contributed by atoms with Crippen molar-refractivity contribution in [3.63, 3.8) is 0 Å². The maximum absolute atomic E-state index is 9.60. The first-order valence-electron chi connectivity index (χ1n) is 4.27.